The summed E-state index contributed by atoms with van der Waals surface area (Å²) in [6.45, 7) is 1.78. The van der Waals surface area contributed by atoms with Crippen LogP contribution in [0.1, 0.15) is 28.9 Å². The van der Waals surface area contributed by atoms with E-state index in [9.17, 15) is 14.9 Å². The molecule has 0 spiro atoms. The minimum atomic E-state index is -0.613. The van der Waals surface area contributed by atoms with Crippen LogP contribution >= 0.6 is 23.2 Å². The molecule has 2 aromatic carbocycles. The molecule has 0 heterocycles. The highest BCUT2D eigenvalue weighted by Gasteiger charge is 2.22. The fraction of sp³-hybridized carbons (Fsp3) is 0.133. The lowest BCUT2D eigenvalue weighted by atomic mass is 10.1. The second-order valence-electron chi connectivity index (χ2n) is 4.67. The van der Waals surface area contributed by atoms with E-state index in [0.29, 0.717) is 5.02 Å². The van der Waals surface area contributed by atoms with Gasteiger partial charge in [0.05, 0.1) is 11.0 Å². The van der Waals surface area contributed by atoms with Crippen molar-refractivity contribution < 1.29 is 9.72 Å². The predicted octanol–water partition coefficient (Wildman–Crippen LogP) is 4.39. The lowest BCUT2D eigenvalue weighted by molar-refractivity contribution is -0.385. The van der Waals surface area contributed by atoms with Gasteiger partial charge in [-0.25, -0.2) is 0 Å². The van der Waals surface area contributed by atoms with E-state index in [4.69, 9.17) is 23.2 Å². The number of halogens is 2. The van der Waals surface area contributed by atoms with E-state index >= 15 is 0 Å². The maximum Gasteiger partial charge on any atom is 0.282 e. The number of nitro benzene ring substituents is 1. The summed E-state index contributed by atoms with van der Waals surface area (Å²) in [6.07, 6.45) is 0. The maximum atomic E-state index is 12.3. The van der Waals surface area contributed by atoms with Crippen LogP contribution in [0.25, 0.3) is 0 Å². The molecule has 7 heteroatoms. The summed E-state index contributed by atoms with van der Waals surface area (Å²) in [4.78, 5) is 22.7. The van der Waals surface area contributed by atoms with Gasteiger partial charge in [0, 0.05) is 16.1 Å². The predicted molar refractivity (Wildman–Crippen MR) is 85.4 cm³/mol. The van der Waals surface area contributed by atoms with Crippen molar-refractivity contribution in [2.24, 2.45) is 0 Å². The van der Waals surface area contributed by atoms with Gasteiger partial charge in [-0.15, -0.1) is 0 Å². The van der Waals surface area contributed by atoms with Crippen LogP contribution in [-0.4, -0.2) is 10.8 Å². The second-order valence-corrected chi connectivity index (χ2v) is 5.54. The first-order chi connectivity index (χ1) is 10.4. The SMILES string of the molecule is CC(NC(=O)c1cc(Cl)ccc1[N+](=O)[O-])c1ccc(Cl)cc1. The number of hydrogen-bond donors (Lipinski definition) is 1. The summed E-state index contributed by atoms with van der Waals surface area (Å²) in [5, 5.41) is 14.6. The van der Waals surface area contributed by atoms with E-state index in [1.807, 2.05) is 0 Å². The first-order valence-electron chi connectivity index (χ1n) is 6.38. The monoisotopic (exact) mass is 338 g/mol. The molecule has 1 unspecified atom stereocenters. The van der Waals surface area contributed by atoms with E-state index < -0.39 is 10.8 Å². The second kappa shape index (κ2) is 6.77. The molecule has 0 aliphatic rings. The number of rotatable bonds is 4. The molecule has 0 aliphatic heterocycles. The highest BCUT2D eigenvalue weighted by molar-refractivity contribution is 6.31. The van der Waals surface area contributed by atoms with Gasteiger partial charge in [-0.2, -0.15) is 0 Å². The van der Waals surface area contributed by atoms with Gasteiger partial charge in [-0.05, 0) is 36.8 Å². The van der Waals surface area contributed by atoms with Crippen molar-refractivity contribution in [3.05, 3.63) is 73.8 Å². The van der Waals surface area contributed by atoms with Crippen LogP contribution in [0.2, 0.25) is 10.0 Å². The molecule has 0 aliphatic carbocycles. The van der Waals surface area contributed by atoms with Crippen LogP contribution in [0, 0.1) is 10.1 Å². The number of nitro groups is 1. The fourth-order valence-electron chi connectivity index (χ4n) is 1.96. The summed E-state index contributed by atoms with van der Waals surface area (Å²) in [7, 11) is 0. The van der Waals surface area contributed by atoms with Crippen molar-refractivity contribution in [2.45, 2.75) is 13.0 Å². The quantitative estimate of drug-likeness (QED) is 0.663. The molecule has 0 saturated carbocycles. The molecule has 0 bridgehead atoms. The van der Waals surface area contributed by atoms with Gasteiger partial charge in [-0.1, -0.05) is 35.3 Å². The molecule has 2 rings (SSSR count). The highest BCUT2D eigenvalue weighted by Crippen LogP contribution is 2.24. The average molecular weight is 339 g/mol. The third kappa shape index (κ3) is 3.75. The zero-order valence-electron chi connectivity index (χ0n) is 11.5. The molecule has 0 fully saturated rings. The van der Waals surface area contributed by atoms with Crippen LogP contribution in [0.15, 0.2) is 42.5 Å². The van der Waals surface area contributed by atoms with Crippen molar-refractivity contribution in [3.63, 3.8) is 0 Å². The topological polar surface area (TPSA) is 72.2 Å². The number of nitrogens with one attached hydrogen (secondary N) is 1. The molecule has 0 saturated heterocycles. The molecule has 0 aromatic heterocycles. The number of amides is 1. The molecular weight excluding hydrogens is 327 g/mol. The summed E-state index contributed by atoms with van der Waals surface area (Å²) < 4.78 is 0. The molecule has 22 heavy (non-hydrogen) atoms. The van der Waals surface area contributed by atoms with Crippen LogP contribution in [0.4, 0.5) is 5.69 Å². The Morgan fingerprint density at radius 2 is 1.73 bits per heavy atom. The average Bonchev–Trinajstić information content (AvgIpc) is 2.47. The zero-order valence-corrected chi connectivity index (χ0v) is 13.1. The van der Waals surface area contributed by atoms with Gasteiger partial charge in [0.2, 0.25) is 0 Å². The van der Waals surface area contributed by atoms with E-state index in [2.05, 4.69) is 5.32 Å². The van der Waals surface area contributed by atoms with Crippen molar-refractivity contribution in [1.82, 2.24) is 5.32 Å². The minimum Gasteiger partial charge on any atom is -0.345 e. The Hall–Kier alpha value is -2.11. The first-order valence-corrected chi connectivity index (χ1v) is 7.14. The molecule has 0 radical (unpaired) electrons. The number of carbonyl (C=O) groups excluding carboxylic acids is 1. The number of nitrogens with zero attached hydrogens (tertiary/aromatic N) is 1. The van der Waals surface area contributed by atoms with Crippen molar-refractivity contribution in [3.8, 4) is 0 Å². The number of hydrogen-bond acceptors (Lipinski definition) is 3. The van der Waals surface area contributed by atoms with Gasteiger partial charge in [0.1, 0.15) is 5.56 Å². The van der Waals surface area contributed by atoms with E-state index in [0.717, 1.165) is 5.56 Å². The maximum absolute atomic E-state index is 12.3. The summed E-state index contributed by atoms with van der Waals surface area (Å²) in [5.74, 6) is -0.559. The van der Waals surface area contributed by atoms with Crippen LogP contribution in [0.5, 0.6) is 0 Å². The van der Waals surface area contributed by atoms with Crippen LogP contribution in [-0.2, 0) is 0 Å². The van der Waals surface area contributed by atoms with E-state index in [1.165, 1.54) is 18.2 Å². The van der Waals surface area contributed by atoms with Crippen molar-refractivity contribution in [1.29, 1.82) is 0 Å². The first kappa shape index (κ1) is 16.3. The molecule has 1 atom stereocenters. The Morgan fingerprint density at radius 3 is 2.32 bits per heavy atom. The van der Waals surface area contributed by atoms with E-state index in [-0.39, 0.29) is 22.3 Å². The normalized spacial score (nSPS) is 11.8. The minimum absolute atomic E-state index is 0.0710. The van der Waals surface area contributed by atoms with Crippen molar-refractivity contribution in [2.75, 3.05) is 0 Å². The number of carbonyl (C=O) groups is 1. The Labute approximate surface area is 137 Å². The standard InChI is InChI=1S/C15H12Cl2N2O3/c1-9(10-2-4-11(16)5-3-10)18-15(20)13-8-12(17)6-7-14(13)19(21)22/h2-9H,1H3,(H,18,20). The molecule has 1 amide bonds. The Kier molecular flexibility index (Phi) is 5.00. The van der Waals surface area contributed by atoms with Gasteiger partial charge < -0.3 is 5.32 Å². The lowest BCUT2D eigenvalue weighted by Crippen LogP contribution is -2.27. The fourth-order valence-corrected chi connectivity index (χ4v) is 2.26. The van der Waals surface area contributed by atoms with Crippen LogP contribution < -0.4 is 5.32 Å². The Bertz CT molecular complexity index is 717. The molecule has 1 N–H and O–H groups in total. The molecular formula is C15H12Cl2N2O3. The lowest BCUT2D eigenvalue weighted by Gasteiger charge is -2.14. The van der Waals surface area contributed by atoms with Gasteiger partial charge >= 0.3 is 0 Å². The summed E-state index contributed by atoms with van der Waals surface area (Å²) >= 11 is 11.6. The van der Waals surface area contributed by atoms with Crippen LogP contribution in [0.3, 0.4) is 0 Å². The van der Waals surface area contributed by atoms with Gasteiger partial charge in [-0.3, -0.25) is 14.9 Å². The highest BCUT2D eigenvalue weighted by atomic mass is 35.5. The molecule has 2 aromatic rings. The van der Waals surface area contributed by atoms with Gasteiger partial charge in [0.25, 0.3) is 11.6 Å². The molecule has 5 nitrogen and oxygen atoms in total. The summed E-state index contributed by atoms with van der Waals surface area (Å²) in [5.41, 5.74) is 0.478. The third-order valence-corrected chi connectivity index (χ3v) is 3.60. The van der Waals surface area contributed by atoms with Gasteiger partial charge in [0.15, 0.2) is 0 Å². The van der Waals surface area contributed by atoms with E-state index in [1.54, 1.807) is 31.2 Å². The smallest absolute Gasteiger partial charge is 0.282 e. The third-order valence-electron chi connectivity index (χ3n) is 3.12. The summed E-state index contributed by atoms with van der Waals surface area (Å²) in [6, 6.07) is 10.5. The molecule has 114 valence electrons. The van der Waals surface area contributed by atoms with Crippen molar-refractivity contribution >= 4 is 34.8 Å². The Morgan fingerprint density at radius 1 is 1.14 bits per heavy atom. The Balaban J connectivity index is 2.23. The number of benzene rings is 2. The largest absolute Gasteiger partial charge is 0.345 e. The zero-order chi connectivity index (χ0) is 16.3.